The van der Waals surface area contributed by atoms with Gasteiger partial charge in [-0.05, 0) is 19.1 Å². The van der Waals surface area contributed by atoms with Gasteiger partial charge in [-0.15, -0.1) is 0 Å². The molecule has 0 amide bonds. The summed E-state index contributed by atoms with van der Waals surface area (Å²) in [5, 5.41) is 8.57. The van der Waals surface area contributed by atoms with E-state index in [1.54, 1.807) is 0 Å². The first-order valence-electron chi connectivity index (χ1n) is 4.45. The Labute approximate surface area is 108 Å². The van der Waals surface area contributed by atoms with E-state index in [2.05, 4.69) is 0 Å². The van der Waals surface area contributed by atoms with E-state index in [0.717, 1.165) is 0 Å². The number of nitrogens with one attached hydrogen (secondary N) is 1. The molecule has 0 bridgehead atoms. The zero-order valence-corrected chi connectivity index (χ0v) is 11.0. The predicted octanol–water partition coefficient (Wildman–Crippen LogP) is 1.74. The van der Waals surface area contributed by atoms with E-state index in [1.807, 2.05) is 4.72 Å². The summed E-state index contributed by atoms with van der Waals surface area (Å²) in [6, 6.07) is 2.83. The van der Waals surface area contributed by atoms with Crippen LogP contribution in [0.4, 0.5) is 0 Å². The van der Waals surface area contributed by atoms with Gasteiger partial charge in [0.25, 0.3) is 0 Å². The normalized spacial score (nSPS) is 13.4. The van der Waals surface area contributed by atoms with E-state index < -0.39 is 22.0 Å². The summed E-state index contributed by atoms with van der Waals surface area (Å²) in [6.07, 6.45) is 0. The molecule has 1 aromatic rings. The largest absolute Gasteiger partial charge is 0.480 e. The van der Waals surface area contributed by atoms with Crippen molar-refractivity contribution in [3.63, 3.8) is 0 Å². The lowest BCUT2D eigenvalue weighted by Gasteiger charge is -2.11. The molecular weight excluding hydrogens is 289 g/mol. The monoisotopic (exact) mass is 297 g/mol. The number of halogens is 2. The van der Waals surface area contributed by atoms with Crippen LogP contribution < -0.4 is 4.72 Å². The fraction of sp³-hybridized carbons (Fsp3) is 0.222. The average molecular weight is 298 g/mol. The number of sulfonamides is 1. The van der Waals surface area contributed by atoms with Gasteiger partial charge in [0.2, 0.25) is 10.0 Å². The lowest BCUT2D eigenvalue weighted by Crippen LogP contribution is -2.38. The molecule has 0 saturated carbocycles. The fourth-order valence-corrected chi connectivity index (χ4v) is 3.00. The summed E-state index contributed by atoms with van der Waals surface area (Å²) >= 11 is 11.4. The third-order valence-corrected chi connectivity index (χ3v) is 4.42. The minimum atomic E-state index is -4.00. The standard InChI is InChI=1S/C9H9Cl2NO4S/c1-5(9(13)14)12-17(15,16)7-4-2-3-6(10)8(7)11/h2-5,12H,1H3,(H,13,14). The molecule has 5 nitrogen and oxygen atoms in total. The lowest BCUT2D eigenvalue weighted by atomic mass is 10.4. The van der Waals surface area contributed by atoms with Crippen LogP contribution in [-0.4, -0.2) is 25.5 Å². The summed E-state index contributed by atoms with van der Waals surface area (Å²) in [5.74, 6) is -1.29. The van der Waals surface area contributed by atoms with Gasteiger partial charge in [-0.25, -0.2) is 8.42 Å². The van der Waals surface area contributed by atoms with E-state index in [4.69, 9.17) is 28.3 Å². The molecule has 0 spiro atoms. The van der Waals surface area contributed by atoms with Crippen LogP contribution in [0.3, 0.4) is 0 Å². The second-order valence-electron chi connectivity index (χ2n) is 3.23. The minimum Gasteiger partial charge on any atom is -0.480 e. The Morgan fingerprint density at radius 3 is 2.53 bits per heavy atom. The highest BCUT2D eigenvalue weighted by molar-refractivity contribution is 7.89. The SMILES string of the molecule is CC(NS(=O)(=O)c1cccc(Cl)c1Cl)C(=O)O. The molecule has 1 aromatic carbocycles. The summed E-state index contributed by atoms with van der Waals surface area (Å²) in [6.45, 7) is 1.21. The molecule has 0 saturated heterocycles. The van der Waals surface area contributed by atoms with Gasteiger partial charge in [0, 0.05) is 0 Å². The smallest absolute Gasteiger partial charge is 0.321 e. The van der Waals surface area contributed by atoms with Gasteiger partial charge in [-0.3, -0.25) is 4.79 Å². The van der Waals surface area contributed by atoms with Crippen LogP contribution in [0.25, 0.3) is 0 Å². The molecule has 1 unspecified atom stereocenters. The zero-order chi connectivity index (χ0) is 13.2. The van der Waals surface area contributed by atoms with Gasteiger partial charge in [0.1, 0.15) is 10.9 Å². The van der Waals surface area contributed by atoms with Gasteiger partial charge in [0.05, 0.1) is 10.0 Å². The van der Waals surface area contributed by atoms with E-state index in [0.29, 0.717) is 0 Å². The summed E-state index contributed by atoms with van der Waals surface area (Å²) in [7, 11) is -4.00. The van der Waals surface area contributed by atoms with E-state index >= 15 is 0 Å². The first-order valence-corrected chi connectivity index (χ1v) is 6.69. The van der Waals surface area contributed by atoms with Gasteiger partial charge >= 0.3 is 5.97 Å². The highest BCUT2D eigenvalue weighted by Crippen LogP contribution is 2.28. The van der Waals surface area contributed by atoms with Crippen LogP contribution in [0.2, 0.25) is 10.0 Å². The van der Waals surface area contributed by atoms with Gasteiger partial charge < -0.3 is 5.11 Å². The Morgan fingerprint density at radius 2 is 2.00 bits per heavy atom. The van der Waals surface area contributed by atoms with Crippen molar-refractivity contribution in [2.24, 2.45) is 0 Å². The molecule has 8 heteroatoms. The first-order chi connectivity index (χ1) is 7.75. The number of hydrogen-bond acceptors (Lipinski definition) is 3. The predicted molar refractivity (Wildman–Crippen MR) is 63.9 cm³/mol. The molecule has 0 radical (unpaired) electrons. The summed E-state index contributed by atoms with van der Waals surface area (Å²) < 4.78 is 25.6. The lowest BCUT2D eigenvalue weighted by molar-refractivity contribution is -0.138. The number of benzene rings is 1. The van der Waals surface area contributed by atoms with Crippen molar-refractivity contribution in [3.05, 3.63) is 28.2 Å². The van der Waals surface area contributed by atoms with Crippen molar-refractivity contribution in [1.82, 2.24) is 4.72 Å². The Bertz CT molecular complexity index is 544. The Morgan fingerprint density at radius 1 is 1.41 bits per heavy atom. The molecule has 2 N–H and O–H groups in total. The summed E-state index contributed by atoms with van der Waals surface area (Å²) in [4.78, 5) is 10.3. The highest BCUT2D eigenvalue weighted by Gasteiger charge is 2.24. The van der Waals surface area contributed by atoms with Crippen molar-refractivity contribution in [2.45, 2.75) is 17.9 Å². The molecule has 94 valence electrons. The molecule has 0 aliphatic heterocycles. The number of rotatable bonds is 4. The molecule has 0 aromatic heterocycles. The van der Waals surface area contributed by atoms with E-state index in [-0.39, 0.29) is 14.9 Å². The second kappa shape index (κ2) is 5.22. The van der Waals surface area contributed by atoms with Crippen molar-refractivity contribution in [3.8, 4) is 0 Å². The van der Waals surface area contributed by atoms with Crippen molar-refractivity contribution < 1.29 is 18.3 Å². The quantitative estimate of drug-likeness (QED) is 0.887. The third-order valence-electron chi connectivity index (χ3n) is 1.91. The molecule has 0 fully saturated rings. The highest BCUT2D eigenvalue weighted by atomic mass is 35.5. The van der Waals surface area contributed by atoms with Gasteiger partial charge in [-0.2, -0.15) is 4.72 Å². The zero-order valence-electron chi connectivity index (χ0n) is 8.65. The summed E-state index contributed by atoms with van der Waals surface area (Å²) in [5.41, 5.74) is 0. The number of carbonyl (C=O) groups is 1. The minimum absolute atomic E-state index is 0.0810. The Hall–Kier alpha value is -0.820. The number of aliphatic carboxylic acids is 1. The molecule has 1 rings (SSSR count). The fourth-order valence-electron chi connectivity index (χ4n) is 1.04. The maximum Gasteiger partial charge on any atom is 0.321 e. The van der Waals surface area contributed by atoms with Crippen LogP contribution in [0.1, 0.15) is 6.92 Å². The number of carboxylic acid groups (broad SMARTS) is 1. The topological polar surface area (TPSA) is 83.5 Å². The molecular formula is C9H9Cl2NO4S. The molecule has 17 heavy (non-hydrogen) atoms. The maximum absolute atomic E-state index is 11.8. The van der Waals surface area contributed by atoms with Crippen LogP contribution in [-0.2, 0) is 14.8 Å². The third kappa shape index (κ3) is 3.32. The van der Waals surface area contributed by atoms with Crippen molar-refractivity contribution >= 4 is 39.2 Å². The number of hydrogen-bond donors (Lipinski definition) is 2. The first kappa shape index (κ1) is 14.2. The maximum atomic E-state index is 11.8. The molecule has 0 aliphatic rings. The molecule has 0 aliphatic carbocycles. The second-order valence-corrected chi connectivity index (χ2v) is 5.70. The number of carboxylic acids is 1. The van der Waals surface area contributed by atoms with Crippen LogP contribution in [0.15, 0.2) is 23.1 Å². The molecule has 0 heterocycles. The van der Waals surface area contributed by atoms with Crippen LogP contribution in [0, 0.1) is 0 Å². The Balaban J connectivity index is 3.14. The van der Waals surface area contributed by atoms with E-state index in [1.165, 1.54) is 25.1 Å². The average Bonchev–Trinajstić information content (AvgIpc) is 2.21. The van der Waals surface area contributed by atoms with E-state index in [9.17, 15) is 13.2 Å². The van der Waals surface area contributed by atoms with Crippen LogP contribution >= 0.6 is 23.2 Å². The van der Waals surface area contributed by atoms with Crippen LogP contribution in [0.5, 0.6) is 0 Å². The van der Waals surface area contributed by atoms with Crippen molar-refractivity contribution in [1.29, 1.82) is 0 Å². The van der Waals surface area contributed by atoms with Crippen molar-refractivity contribution in [2.75, 3.05) is 0 Å². The van der Waals surface area contributed by atoms with Gasteiger partial charge in [-0.1, -0.05) is 29.3 Å². The molecule has 1 atom stereocenters. The Kier molecular flexibility index (Phi) is 4.37. The van der Waals surface area contributed by atoms with Gasteiger partial charge in [0.15, 0.2) is 0 Å².